The molecule has 0 N–H and O–H groups in total. The summed E-state index contributed by atoms with van der Waals surface area (Å²) in [4.78, 5) is 0. The molecule has 0 aromatic rings. The first-order valence-electron chi connectivity index (χ1n) is 9.85. The van der Waals surface area contributed by atoms with Crippen molar-refractivity contribution in [1.29, 1.82) is 0 Å². The molecule has 0 aromatic heterocycles. The fraction of sp³-hybridized carbons (Fsp3) is 1.00. The van der Waals surface area contributed by atoms with E-state index in [0.29, 0.717) is 6.61 Å². The van der Waals surface area contributed by atoms with Crippen LogP contribution in [0.4, 0.5) is 0 Å². The van der Waals surface area contributed by atoms with Gasteiger partial charge in [-0.2, -0.15) is 0 Å². The summed E-state index contributed by atoms with van der Waals surface area (Å²) >= 11 is 0. The molecule has 2 rings (SSSR count). The third kappa shape index (κ3) is 6.41. The van der Waals surface area contributed by atoms with Crippen LogP contribution in [0.15, 0.2) is 0 Å². The quantitative estimate of drug-likeness (QED) is 0.577. The molecule has 0 aliphatic carbocycles. The van der Waals surface area contributed by atoms with E-state index in [-0.39, 0.29) is 31.5 Å². The molecule has 0 amide bonds. The summed E-state index contributed by atoms with van der Waals surface area (Å²) in [6, 6.07) is 0. The van der Waals surface area contributed by atoms with Gasteiger partial charge in [0.2, 0.25) is 0 Å². The van der Waals surface area contributed by atoms with Gasteiger partial charge in [0.05, 0.1) is 12.7 Å². The number of unbranched alkanes of at least 4 members (excludes halogenated alkanes) is 1. The highest BCUT2D eigenvalue weighted by Gasteiger charge is 2.53. The van der Waals surface area contributed by atoms with Crippen LogP contribution in [-0.4, -0.2) is 68.2 Å². The number of ether oxygens (including phenoxy) is 2. The van der Waals surface area contributed by atoms with Crippen molar-refractivity contribution in [1.82, 2.24) is 0 Å². The van der Waals surface area contributed by atoms with E-state index in [9.17, 15) is 0 Å². The monoisotopic (exact) mass is 404 g/mol. The van der Waals surface area contributed by atoms with Crippen molar-refractivity contribution < 1.29 is 27.6 Å². The molecule has 2 aliphatic rings. The minimum Gasteiger partial charge on any atom is -0.409 e. The summed E-state index contributed by atoms with van der Waals surface area (Å²) in [5.74, 6) is 0. The highest BCUT2D eigenvalue weighted by molar-refractivity contribution is 6.70. The lowest BCUT2D eigenvalue weighted by Crippen LogP contribution is -2.67. The maximum atomic E-state index is 6.59. The van der Waals surface area contributed by atoms with Crippen LogP contribution in [0.1, 0.15) is 19.8 Å². The molecular weight excluding hydrogens is 367 g/mol. The number of hydrogen-bond donors (Lipinski definition) is 0. The number of hydrogen-bond acceptors (Lipinski definition) is 6. The minimum absolute atomic E-state index is 0.190. The van der Waals surface area contributed by atoms with E-state index < -0.39 is 22.9 Å². The summed E-state index contributed by atoms with van der Waals surface area (Å²) in [6.07, 6.45) is 1.75. The molecule has 5 atom stereocenters. The van der Waals surface area contributed by atoms with E-state index in [1.807, 2.05) is 0 Å². The Kier molecular flexibility index (Phi) is 7.95. The first-order valence-corrected chi connectivity index (χ1v) is 16.7. The van der Waals surface area contributed by atoms with Crippen LogP contribution in [-0.2, 0) is 27.6 Å². The van der Waals surface area contributed by atoms with Gasteiger partial charge in [-0.1, -0.05) is 19.8 Å². The molecule has 0 unspecified atom stereocenters. The Balaban J connectivity index is 2.24. The van der Waals surface area contributed by atoms with Crippen LogP contribution < -0.4 is 0 Å². The van der Waals surface area contributed by atoms with Crippen molar-refractivity contribution in [3.05, 3.63) is 0 Å². The summed E-state index contributed by atoms with van der Waals surface area (Å²) in [5.41, 5.74) is 0. The maximum Gasteiger partial charge on any atom is 0.457 e. The maximum absolute atomic E-state index is 6.59. The Labute approximate surface area is 161 Å². The summed E-state index contributed by atoms with van der Waals surface area (Å²) in [5, 5.41) is 0. The average molecular weight is 404 g/mol. The Bertz CT molecular complexity index is 442. The lowest BCUT2D eigenvalue weighted by Gasteiger charge is -2.51. The predicted molar refractivity (Wildman–Crippen MR) is 108 cm³/mol. The lowest BCUT2D eigenvalue weighted by molar-refractivity contribution is -0.292. The highest BCUT2D eigenvalue weighted by atomic mass is 28.4. The van der Waals surface area contributed by atoms with Gasteiger partial charge in [-0.05, 0) is 45.6 Å². The van der Waals surface area contributed by atoms with Crippen LogP contribution >= 0.6 is 0 Å². The van der Waals surface area contributed by atoms with Gasteiger partial charge in [0.25, 0.3) is 0 Å². The second-order valence-electron chi connectivity index (χ2n) is 9.17. The fourth-order valence-electron chi connectivity index (χ4n) is 3.38. The second-order valence-corrected chi connectivity index (χ2v) is 18.1. The molecule has 0 radical (unpaired) electrons. The molecule has 152 valence electrons. The molecule has 0 spiro atoms. The molecule has 6 nitrogen and oxygen atoms in total. The van der Waals surface area contributed by atoms with Crippen LogP contribution in [0.25, 0.3) is 0 Å². The molecule has 9 heteroatoms. The summed E-state index contributed by atoms with van der Waals surface area (Å²) in [6.45, 7) is 15.8. The van der Waals surface area contributed by atoms with E-state index >= 15 is 0 Å². The second kappa shape index (κ2) is 9.17. The highest BCUT2D eigenvalue weighted by Crippen LogP contribution is 2.35. The molecule has 0 aromatic carbocycles. The molecule has 2 aliphatic heterocycles. The number of rotatable bonds is 8. The molecular formula is C17H37BO6Si2. The van der Waals surface area contributed by atoms with Crippen LogP contribution in [0.5, 0.6) is 0 Å². The lowest BCUT2D eigenvalue weighted by atomic mass is 9.79. The van der Waals surface area contributed by atoms with Gasteiger partial charge >= 0.3 is 7.12 Å². The van der Waals surface area contributed by atoms with Gasteiger partial charge in [0.1, 0.15) is 18.3 Å². The first kappa shape index (κ1) is 22.5. The van der Waals surface area contributed by atoms with Crippen molar-refractivity contribution in [2.24, 2.45) is 0 Å². The van der Waals surface area contributed by atoms with Crippen molar-refractivity contribution in [3.8, 4) is 0 Å². The van der Waals surface area contributed by atoms with Gasteiger partial charge in [-0.25, -0.2) is 0 Å². The topological polar surface area (TPSA) is 55.4 Å². The van der Waals surface area contributed by atoms with E-state index in [2.05, 4.69) is 46.2 Å². The van der Waals surface area contributed by atoms with E-state index in [4.69, 9.17) is 27.6 Å². The van der Waals surface area contributed by atoms with E-state index in [1.165, 1.54) is 0 Å². The SMILES string of the molecule is CCCCB1OC[C@H]2O[C@@H](OC)[C@H](O[Si](C)(C)C)[C@@H](O[Si](C)(C)C)[C@H]2O1. The molecule has 26 heavy (non-hydrogen) atoms. The van der Waals surface area contributed by atoms with Crippen LogP contribution in [0.2, 0.25) is 45.6 Å². The molecule has 2 saturated heterocycles. The van der Waals surface area contributed by atoms with Crippen LogP contribution in [0.3, 0.4) is 0 Å². The largest absolute Gasteiger partial charge is 0.457 e. The smallest absolute Gasteiger partial charge is 0.409 e. The molecule has 2 fully saturated rings. The Hall–Kier alpha value is 0.259. The van der Waals surface area contributed by atoms with Gasteiger partial charge in [0, 0.05) is 7.11 Å². The predicted octanol–water partition coefficient (Wildman–Crippen LogP) is 3.50. The fourth-order valence-corrected chi connectivity index (χ4v) is 5.53. The number of methoxy groups -OCH3 is 1. The molecule has 0 bridgehead atoms. The zero-order valence-corrected chi connectivity index (χ0v) is 19.7. The van der Waals surface area contributed by atoms with E-state index in [1.54, 1.807) is 7.11 Å². The normalized spacial score (nSPS) is 33.2. The Morgan fingerprint density at radius 3 is 2.15 bits per heavy atom. The van der Waals surface area contributed by atoms with Gasteiger partial charge in [-0.15, -0.1) is 0 Å². The van der Waals surface area contributed by atoms with Crippen LogP contribution in [0, 0.1) is 0 Å². The van der Waals surface area contributed by atoms with Gasteiger partial charge in [-0.3, -0.25) is 0 Å². The van der Waals surface area contributed by atoms with Crippen molar-refractivity contribution >= 4 is 23.8 Å². The summed E-state index contributed by atoms with van der Waals surface area (Å²) in [7, 11) is -2.19. The first-order chi connectivity index (χ1) is 12.0. The van der Waals surface area contributed by atoms with Crippen molar-refractivity contribution in [2.45, 2.75) is 96.1 Å². The third-order valence-electron chi connectivity index (χ3n) is 4.35. The van der Waals surface area contributed by atoms with Crippen molar-refractivity contribution in [3.63, 3.8) is 0 Å². The Morgan fingerprint density at radius 1 is 1.00 bits per heavy atom. The van der Waals surface area contributed by atoms with Gasteiger partial charge < -0.3 is 27.6 Å². The summed E-state index contributed by atoms with van der Waals surface area (Å²) < 4.78 is 37.0. The zero-order valence-electron chi connectivity index (χ0n) is 17.7. The number of fused-ring (bicyclic) bond motifs is 1. The van der Waals surface area contributed by atoms with Gasteiger partial charge in [0.15, 0.2) is 22.9 Å². The van der Waals surface area contributed by atoms with E-state index in [0.717, 1.165) is 19.2 Å². The Morgan fingerprint density at radius 2 is 1.62 bits per heavy atom. The van der Waals surface area contributed by atoms with Crippen molar-refractivity contribution in [2.75, 3.05) is 13.7 Å². The zero-order chi connectivity index (χ0) is 19.5. The molecule has 2 heterocycles. The standard InChI is InChI=1S/C17H37BO6Si2/c1-9-10-11-18-20-12-13-14(22-18)15(23-25(3,4)5)16(17(19-2)21-13)24-26(6,7)8/h13-17H,9-12H2,1-8H3/t13-,14+,15+,16-,17-/m1/s1. The average Bonchev–Trinajstić information content (AvgIpc) is 2.52. The third-order valence-corrected chi connectivity index (χ3v) is 6.31. The minimum atomic E-state index is -1.83. The molecule has 0 saturated carbocycles.